The zero-order chi connectivity index (χ0) is 8.36. The molecule has 0 aromatic carbocycles. The molecule has 3 heteroatoms. The summed E-state index contributed by atoms with van der Waals surface area (Å²) in [6.07, 6.45) is 0.225. The Morgan fingerprint density at radius 3 is 1.90 bits per heavy atom. The van der Waals surface area contributed by atoms with Crippen molar-refractivity contribution in [2.24, 2.45) is 11.1 Å². The topological polar surface area (TPSA) is 60.2 Å². The van der Waals surface area contributed by atoms with Gasteiger partial charge in [0.15, 0.2) is 0 Å². The van der Waals surface area contributed by atoms with E-state index in [1.165, 1.54) is 6.92 Å². The van der Waals surface area contributed by atoms with E-state index in [1.807, 2.05) is 0 Å². The minimum absolute atomic E-state index is 0.0104. The molecule has 58 valence electrons. The summed E-state index contributed by atoms with van der Waals surface area (Å²) in [4.78, 5) is 21.2. The average Bonchev–Trinajstić information content (AvgIpc) is 1.60. The number of hydrogen-bond donors (Lipinski definition) is 1. The van der Waals surface area contributed by atoms with E-state index in [9.17, 15) is 9.59 Å². The van der Waals surface area contributed by atoms with Gasteiger partial charge >= 0.3 is 0 Å². The fraction of sp³-hybridized carbons (Fsp3) is 0.714. The Bertz CT molecular complexity index is 161. The van der Waals surface area contributed by atoms with Gasteiger partial charge < -0.3 is 5.73 Å². The van der Waals surface area contributed by atoms with Crippen LogP contribution in [0.5, 0.6) is 0 Å². The van der Waals surface area contributed by atoms with E-state index in [2.05, 4.69) is 0 Å². The normalized spacial score (nSPS) is 11.1. The van der Waals surface area contributed by atoms with Crippen LogP contribution in [0.2, 0.25) is 0 Å². The van der Waals surface area contributed by atoms with Gasteiger partial charge in [-0.15, -0.1) is 0 Å². The van der Waals surface area contributed by atoms with Crippen LogP contribution in [0.3, 0.4) is 0 Å². The molecule has 0 bridgehead atoms. The molecule has 0 aromatic heterocycles. The fourth-order valence-electron chi connectivity index (χ4n) is 0.709. The van der Waals surface area contributed by atoms with Crippen LogP contribution < -0.4 is 5.73 Å². The Hall–Kier alpha value is -0.860. The average molecular weight is 143 g/mol. The first-order valence-electron chi connectivity index (χ1n) is 3.15. The number of carbonyl (C=O) groups excluding carboxylic acids is 2. The molecular weight excluding hydrogens is 130 g/mol. The summed E-state index contributed by atoms with van der Waals surface area (Å²) in [5.41, 5.74) is 4.34. The second-order valence-electron chi connectivity index (χ2n) is 3.13. The molecule has 0 fully saturated rings. The third-order valence-corrected chi connectivity index (χ3v) is 1.36. The predicted octanol–water partition coefficient (Wildman–Crippen LogP) is 0.477. The van der Waals surface area contributed by atoms with E-state index in [4.69, 9.17) is 5.73 Å². The number of ketones is 1. The van der Waals surface area contributed by atoms with E-state index in [0.29, 0.717) is 0 Å². The quantitative estimate of drug-likeness (QED) is 0.624. The van der Waals surface area contributed by atoms with Crippen molar-refractivity contribution < 1.29 is 9.59 Å². The molecule has 0 aromatic rings. The number of amides is 1. The van der Waals surface area contributed by atoms with E-state index in [-0.39, 0.29) is 12.2 Å². The van der Waals surface area contributed by atoms with Crippen LogP contribution >= 0.6 is 0 Å². The molecule has 0 saturated carbocycles. The zero-order valence-corrected chi connectivity index (χ0v) is 6.60. The number of Topliss-reactive ketones (excluding diaryl/α,β-unsaturated/α-hetero) is 1. The molecule has 0 atom stereocenters. The van der Waals surface area contributed by atoms with Crippen molar-refractivity contribution in [1.29, 1.82) is 0 Å². The van der Waals surface area contributed by atoms with Crippen LogP contribution in [0.25, 0.3) is 0 Å². The first-order chi connectivity index (χ1) is 4.36. The lowest BCUT2D eigenvalue weighted by atomic mass is 9.87. The molecule has 0 saturated heterocycles. The van der Waals surface area contributed by atoms with E-state index in [1.54, 1.807) is 13.8 Å². The maximum absolute atomic E-state index is 10.6. The molecule has 3 nitrogen and oxygen atoms in total. The van der Waals surface area contributed by atoms with Crippen LogP contribution in [-0.4, -0.2) is 11.7 Å². The van der Waals surface area contributed by atoms with E-state index >= 15 is 0 Å². The molecule has 2 N–H and O–H groups in total. The fourth-order valence-corrected chi connectivity index (χ4v) is 0.709. The second kappa shape index (κ2) is 2.82. The Morgan fingerprint density at radius 1 is 1.40 bits per heavy atom. The molecule has 0 unspecified atom stereocenters. The molecule has 0 aliphatic heterocycles. The van der Waals surface area contributed by atoms with Crippen molar-refractivity contribution in [3.05, 3.63) is 0 Å². The summed E-state index contributed by atoms with van der Waals surface area (Å²) in [5.74, 6) is -0.438. The highest BCUT2D eigenvalue weighted by molar-refractivity contribution is 5.87. The summed E-state index contributed by atoms with van der Waals surface area (Å²) in [7, 11) is 0. The third kappa shape index (κ3) is 2.62. The standard InChI is InChI=1S/C7H13NO2/c1-5(9)4-7(2,3)6(8)10/h4H2,1-3H3,(H2,8,10). The Labute approximate surface area is 60.6 Å². The summed E-state index contributed by atoms with van der Waals surface area (Å²) in [6, 6.07) is 0. The monoisotopic (exact) mass is 143 g/mol. The highest BCUT2D eigenvalue weighted by atomic mass is 16.1. The molecule has 1 amide bonds. The van der Waals surface area contributed by atoms with Crippen LogP contribution in [-0.2, 0) is 9.59 Å². The third-order valence-electron chi connectivity index (χ3n) is 1.36. The van der Waals surface area contributed by atoms with Crippen molar-refractivity contribution in [3.63, 3.8) is 0 Å². The van der Waals surface area contributed by atoms with Gasteiger partial charge in [-0.1, -0.05) is 13.8 Å². The first kappa shape index (κ1) is 9.14. The second-order valence-corrected chi connectivity index (χ2v) is 3.13. The molecule has 0 spiro atoms. The lowest BCUT2D eigenvalue weighted by Crippen LogP contribution is -2.33. The van der Waals surface area contributed by atoms with E-state index < -0.39 is 11.3 Å². The number of nitrogens with two attached hydrogens (primary N) is 1. The molecule has 10 heavy (non-hydrogen) atoms. The molecule has 0 aliphatic carbocycles. The van der Waals surface area contributed by atoms with E-state index in [0.717, 1.165) is 0 Å². The van der Waals surface area contributed by atoms with Gasteiger partial charge in [0.25, 0.3) is 0 Å². The van der Waals surface area contributed by atoms with Crippen molar-refractivity contribution in [2.75, 3.05) is 0 Å². The van der Waals surface area contributed by atoms with Gasteiger partial charge in [0.1, 0.15) is 5.78 Å². The Morgan fingerprint density at radius 2 is 1.80 bits per heavy atom. The van der Waals surface area contributed by atoms with Gasteiger partial charge in [0, 0.05) is 6.42 Å². The van der Waals surface area contributed by atoms with Gasteiger partial charge in [-0.25, -0.2) is 0 Å². The highest BCUT2D eigenvalue weighted by Gasteiger charge is 2.26. The van der Waals surface area contributed by atoms with Crippen molar-refractivity contribution in [2.45, 2.75) is 27.2 Å². The molecule has 0 heterocycles. The summed E-state index contributed by atoms with van der Waals surface area (Å²) >= 11 is 0. The summed E-state index contributed by atoms with van der Waals surface area (Å²) in [5, 5.41) is 0. The van der Waals surface area contributed by atoms with Crippen molar-refractivity contribution in [3.8, 4) is 0 Å². The Balaban J connectivity index is 4.13. The largest absolute Gasteiger partial charge is 0.369 e. The number of hydrogen-bond acceptors (Lipinski definition) is 2. The van der Waals surface area contributed by atoms with Crippen LogP contribution in [0.1, 0.15) is 27.2 Å². The zero-order valence-electron chi connectivity index (χ0n) is 6.60. The molecule has 0 radical (unpaired) electrons. The van der Waals surface area contributed by atoms with Gasteiger partial charge in [-0.2, -0.15) is 0 Å². The number of carbonyl (C=O) groups is 2. The number of primary amides is 1. The summed E-state index contributed by atoms with van der Waals surface area (Å²) < 4.78 is 0. The van der Waals surface area contributed by atoms with Gasteiger partial charge in [-0.3, -0.25) is 9.59 Å². The van der Waals surface area contributed by atoms with Gasteiger partial charge in [-0.05, 0) is 6.92 Å². The summed E-state index contributed by atoms with van der Waals surface area (Å²) in [6.45, 7) is 4.78. The van der Waals surface area contributed by atoms with Crippen LogP contribution in [0.15, 0.2) is 0 Å². The lowest BCUT2D eigenvalue weighted by Gasteiger charge is -2.17. The molecule has 0 rings (SSSR count). The van der Waals surface area contributed by atoms with Crippen LogP contribution in [0, 0.1) is 5.41 Å². The lowest BCUT2D eigenvalue weighted by molar-refractivity contribution is -0.130. The molecular formula is C7H13NO2. The first-order valence-corrected chi connectivity index (χ1v) is 3.15. The maximum atomic E-state index is 10.6. The predicted molar refractivity (Wildman–Crippen MR) is 38.3 cm³/mol. The number of rotatable bonds is 3. The maximum Gasteiger partial charge on any atom is 0.223 e. The van der Waals surface area contributed by atoms with Crippen molar-refractivity contribution >= 4 is 11.7 Å². The minimum Gasteiger partial charge on any atom is -0.369 e. The smallest absolute Gasteiger partial charge is 0.223 e. The Kier molecular flexibility index (Phi) is 2.57. The SMILES string of the molecule is CC(=O)CC(C)(C)C(N)=O. The molecule has 0 aliphatic rings. The van der Waals surface area contributed by atoms with Crippen molar-refractivity contribution in [1.82, 2.24) is 0 Å². The minimum atomic E-state index is -0.689. The van der Waals surface area contributed by atoms with Crippen LogP contribution in [0.4, 0.5) is 0 Å². The van der Waals surface area contributed by atoms with Gasteiger partial charge in [0.05, 0.1) is 5.41 Å². The van der Waals surface area contributed by atoms with Gasteiger partial charge in [0.2, 0.25) is 5.91 Å². The highest BCUT2D eigenvalue weighted by Crippen LogP contribution is 2.18.